The van der Waals surface area contributed by atoms with Gasteiger partial charge in [0.15, 0.2) is 0 Å². The van der Waals surface area contributed by atoms with Crippen LogP contribution in [0, 0.1) is 0 Å². The van der Waals surface area contributed by atoms with Crippen LogP contribution in [0.4, 0.5) is 5.00 Å². The first kappa shape index (κ1) is 21.3. The summed E-state index contributed by atoms with van der Waals surface area (Å²) >= 11 is 1.34. The maximum Gasteiger partial charge on any atom is 0.341 e. The largest absolute Gasteiger partial charge is 0.462 e. The molecule has 3 heterocycles. The minimum Gasteiger partial charge on any atom is -0.462 e. The van der Waals surface area contributed by atoms with Crippen molar-refractivity contribution in [2.45, 2.75) is 32.2 Å². The second-order valence-electron chi connectivity index (χ2n) is 7.44. The standard InChI is InChI=1S/C23H26N4O3S/c1-2-30-23(29)20-17(16-8-4-3-5-9-16)15-31-22(20)26-19(28)14-27-13-7-6-10-18(27)21-24-11-12-25-21/h3-5,8-9,11-12,15,18H,2,6-7,10,13-14H2,1H3,(H,24,25)(H,26,28)/t18-/m1/s1. The monoisotopic (exact) mass is 438 g/mol. The van der Waals surface area contributed by atoms with Crippen molar-refractivity contribution in [1.29, 1.82) is 0 Å². The van der Waals surface area contributed by atoms with Crippen LogP contribution in [0.3, 0.4) is 0 Å². The number of anilines is 1. The van der Waals surface area contributed by atoms with Crippen molar-refractivity contribution >= 4 is 28.2 Å². The molecule has 1 fully saturated rings. The number of benzene rings is 1. The summed E-state index contributed by atoms with van der Waals surface area (Å²) in [5.74, 6) is 0.317. The minimum atomic E-state index is -0.427. The molecule has 0 aliphatic carbocycles. The van der Waals surface area contributed by atoms with Crippen molar-refractivity contribution < 1.29 is 14.3 Å². The van der Waals surface area contributed by atoms with E-state index < -0.39 is 5.97 Å². The van der Waals surface area contributed by atoms with Gasteiger partial charge in [0.05, 0.1) is 19.2 Å². The van der Waals surface area contributed by atoms with Gasteiger partial charge in [-0.1, -0.05) is 36.8 Å². The first-order valence-corrected chi connectivity index (χ1v) is 11.4. The molecule has 1 aromatic carbocycles. The minimum absolute atomic E-state index is 0.0993. The number of nitrogens with zero attached hydrogens (tertiary/aromatic N) is 2. The Morgan fingerprint density at radius 3 is 2.87 bits per heavy atom. The summed E-state index contributed by atoms with van der Waals surface area (Å²) in [6.45, 7) is 3.13. The molecule has 8 heteroatoms. The highest BCUT2D eigenvalue weighted by Gasteiger charge is 2.28. The van der Waals surface area contributed by atoms with Gasteiger partial charge in [-0.2, -0.15) is 0 Å². The molecule has 1 aliphatic rings. The van der Waals surface area contributed by atoms with Crippen molar-refractivity contribution in [1.82, 2.24) is 14.9 Å². The SMILES string of the molecule is CCOC(=O)c1c(-c2ccccc2)csc1NC(=O)CN1CCCC[C@@H]1c1ncc[nH]1. The van der Waals surface area contributed by atoms with Gasteiger partial charge in [-0.15, -0.1) is 11.3 Å². The average Bonchev–Trinajstić information content (AvgIpc) is 3.45. The third-order valence-corrected chi connectivity index (χ3v) is 6.30. The summed E-state index contributed by atoms with van der Waals surface area (Å²) in [6.07, 6.45) is 6.68. The molecule has 0 spiro atoms. The Morgan fingerprint density at radius 2 is 2.13 bits per heavy atom. The zero-order chi connectivity index (χ0) is 21.6. The number of hydrogen-bond donors (Lipinski definition) is 2. The predicted molar refractivity (Wildman–Crippen MR) is 121 cm³/mol. The number of amides is 1. The number of likely N-dealkylation sites (tertiary alicyclic amines) is 1. The molecule has 4 rings (SSSR count). The highest BCUT2D eigenvalue weighted by Crippen LogP contribution is 2.36. The van der Waals surface area contributed by atoms with Crippen LogP contribution in [0.2, 0.25) is 0 Å². The average molecular weight is 439 g/mol. The summed E-state index contributed by atoms with van der Waals surface area (Å²) < 4.78 is 5.28. The van der Waals surface area contributed by atoms with Crippen molar-refractivity contribution in [2.75, 3.05) is 25.0 Å². The molecule has 0 unspecified atom stereocenters. The molecule has 31 heavy (non-hydrogen) atoms. The fourth-order valence-electron chi connectivity index (χ4n) is 3.99. The number of piperidine rings is 1. The van der Waals surface area contributed by atoms with Crippen LogP contribution in [0.15, 0.2) is 48.1 Å². The van der Waals surface area contributed by atoms with Crippen LogP contribution in [0.5, 0.6) is 0 Å². The fraction of sp³-hybridized carbons (Fsp3) is 0.348. The fourth-order valence-corrected chi connectivity index (χ4v) is 4.96. The second-order valence-corrected chi connectivity index (χ2v) is 8.32. The third-order valence-electron chi connectivity index (χ3n) is 5.40. The van der Waals surface area contributed by atoms with Gasteiger partial charge in [0.25, 0.3) is 0 Å². The quantitative estimate of drug-likeness (QED) is 0.531. The van der Waals surface area contributed by atoms with Crippen molar-refractivity contribution in [3.05, 3.63) is 59.5 Å². The molecule has 2 N–H and O–H groups in total. The molecule has 0 saturated carbocycles. The number of hydrogen-bond acceptors (Lipinski definition) is 6. The summed E-state index contributed by atoms with van der Waals surface area (Å²) in [7, 11) is 0. The van der Waals surface area contributed by atoms with E-state index in [0.29, 0.717) is 10.6 Å². The molecule has 3 aromatic rings. The maximum absolute atomic E-state index is 12.9. The Balaban J connectivity index is 1.53. The number of carbonyl (C=O) groups excluding carboxylic acids is 2. The van der Waals surface area contributed by atoms with E-state index in [0.717, 1.165) is 42.8 Å². The highest BCUT2D eigenvalue weighted by molar-refractivity contribution is 7.15. The molecule has 1 saturated heterocycles. The number of thiophene rings is 1. The van der Waals surface area contributed by atoms with Gasteiger partial charge in [0.1, 0.15) is 16.4 Å². The predicted octanol–water partition coefficient (Wildman–Crippen LogP) is 4.48. The first-order valence-electron chi connectivity index (χ1n) is 10.5. The van der Waals surface area contributed by atoms with E-state index in [2.05, 4.69) is 20.2 Å². The molecular formula is C23H26N4O3S. The summed E-state index contributed by atoms with van der Waals surface area (Å²) in [5, 5.41) is 5.37. The molecule has 2 aromatic heterocycles. The molecular weight excluding hydrogens is 412 g/mol. The van der Waals surface area contributed by atoms with Gasteiger partial charge in [-0.25, -0.2) is 9.78 Å². The normalized spacial score (nSPS) is 16.7. The summed E-state index contributed by atoms with van der Waals surface area (Å²) in [6, 6.07) is 9.76. The Kier molecular flexibility index (Phi) is 6.79. The van der Waals surface area contributed by atoms with E-state index in [4.69, 9.17) is 4.74 Å². The lowest BCUT2D eigenvalue weighted by Crippen LogP contribution is -2.39. The zero-order valence-corrected chi connectivity index (χ0v) is 18.3. The Labute approximate surface area is 185 Å². The molecule has 7 nitrogen and oxygen atoms in total. The number of rotatable bonds is 7. The van der Waals surface area contributed by atoms with Crippen LogP contribution < -0.4 is 5.32 Å². The van der Waals surface area contributed by atoms with Crippen LogP contribution >= 0.6 is 11.3 Å². The van der Waals surface area contributed by atoms with Gasteiger partial charge < -0.3 is 15.0 Å². The molecule has 1 aliphatic heterocycles. The van der Waals surface area contributed by atoms with E-state index in [1.807, 2.05) is 41.9 Å². The van der Waals surface area contributed by atoms with E-state index >= 15 is 0 Å². The van der Waals surface area contributed by atoms with Crippen molar-refractivity contribution in [3.63, 3.8) is 0 Å². The number of aromatic nitrogens is 2. The molecule has 0 bridgehead atoms. The smallest absolute Gasteiger partial charge is 0.341 e. The highest BCUT2D eigenvalue weighted by atomic mass is 32.1. The van der Waals surface area contributed by atoms with Crippen LogP contribution in [-0.4, -0.2) is 46.4 Å². The maximum atomic E-state index is 12.9. The zero-order valence-electron chi connectivity index (χ0n) is 17.5. The van der Waals surface area contributed by atoms with E-state index in [1.54, 1.807) is 13.1 Å². The molecule has 1 amide bonds. The van der Waals surface area contributed by atoms with E-state index in [-0.39, 0.29) is 25.1 Å². The molecule has 162 valence electrons. The van der Waals surface area contributed by atoms with Crippen molar-refractivity contribution in [2.24, 2.45) is 0 Å². The number of ether oxygens (including phenoxy) is 1. The van der Waals surface area contributed by atoms with E-state index in [9.17, 15) is 9.59 Å². The lowest BCUT2D eigenvalue weighted by molar-refractivity contribution is -0.118. The molecule has 1 atom stereocenters. The number of esters is 1. The Hall–Kier alpha value is -2.97. The van der Waals surface area contributed by atoms with E-state index in [1.165, 1.54) is 11.3 Å². The van der Waals surface area contributed by atoms with Gasteiger partial charge >= 0.3 is 5.97 Å². The van der Waals surface area contributed by atoms with Crippen LogP contribution in [0.1, 0.15) is 48.4 Å². The van der Waals surface area contributed by atoms with Gasteiger partial charge in [0, 0.05) is 23.3 Å². The lowest BCUT2D eigenvalue weighted by atomic mass is 10.0. The second kappa shape index (κ2) is 9.89. The number of aromatic amines is 1. The molecule has 0 radical (unpaired) electrons. The number of imidazole rings is 1. The number of nitrogens with one attached hydrogen (secondary N) is 2. The Bertz CT molecular complexity index is 1020. The topological polar surface area (TPSA) is 87.3 Å². The van der Waals surface area contributed by atoms with Gasteiger partial charge in [0.2, 0.25) is 5.91 Å². The van der Waals surface area contributed by atoms with Gasteiger partial charge in [-0.3, -0.25) is 9.69 Å². The number of carbonyl (C=O) groups is 2. The summed E-state index contributed by atoms with van der Waals surface area (Å²) in [5.41, 5.74) is 2.09. The number of H-pyrrole nitrogens is 1. The third kappa shape index (κ3) is 4.86. The van der Waals surface area contributed by atoms with Crippen LogP contribution in [0.25, 0.3) is 11.1 Å². The lowest BCUT2D eigenvalue weighted by Gasteiger charge is -2.33. The Morgan fingerprint density at radius 1 is 1.29 bits per heavy atom. The first-order chi connectivity index (χ1) is 15.2. The van der Waals surface area contributed by atoms with Crippen molar-refractivity contribution in [3.8, 4) is 11.1 Å². The van der Waals surface area contributed by atoms with Crippen LogP contribution in [-0.2, 0) is 9.53 Å². The summed E-state index contributed by atoms with van der Waals surface area (Å²) in [4.78, 5) is 35.4. The van der Waals surface area contributed by atoms with Gasteiger partial charge in [-0.05, 0) is 31.9 Å².